The van der Waals surface area contributed by atoms with Gasteiger partial charge in [0.15, 0.2) is 0 Å². The molecular formula is C19H31N2O2+. The lowest BCUT2D eigenvalue weighted by atomic mass is 9.79. The van der Waals surface area contributed by atoms with E-state index in [4.69, 9.17) is 4.74 Å². The maximum Gasteiger partial charge on any atom is 0.251 e. The molecule has 23 heavy (non-hydrogen) atoms. The largest absolute Gasteiger partial charge is 0.491 e. The van der Waals surface area contributed by atoms with E-state index in [0.717, 1.165) is 18.6 Å². The van der Waals surface area contributed by atoms with Crippen LogP contribution < -0.4 is 15.4 Å². The molecule has 1 aromatic rings. The molecule has 0 spiro atoms. The van der Waals surface area contributed by atoms with Gasteiger partial charge in [-0.15, -0.1) is 0 Å². The molecule has 1 aliphatic heterocycles. The van der Waals surface area contributed by atoms with Gasteiger partial charge in [-0.3, -0.25) is 4.79 Å². The molecule has 128 valence electrons. The Hall–Kier alpha value is -1.55. The first kappa shape index (κ1) is 17.8. The van der Waals surface area contributed by atoms with Crippen molar-refractivity contribution in [1.29, 1.82) is 0 Å². The second kappa shape index (κ2) is 6.52. The summed E-state index contributed by atoms with van der Waals surface area (Å²) in [5.74, 6) is 0.725. The fraction of sp³-hybridized carbons (Fsp3) is 0.632. The maximum absolute atomic E-state index is 12.6. The van der Waals surface area contributed by atoms with Crippen molar-refractivity contribution in [1.82, 2.24) is 5.32 Å². The summed E-state index contributed by atoms with van der Waals surface area (Å²) in [7, 11) is 0. The molecule has 0 saturated carbocycles. The Morgan fingerprint density at radius 3 is 2.39 bits per heavy atom. The van der Waals surface area contributed by atoms with Gasteiger partial charge in [0, 0.05) is 24.4 Å². The third-order valence-corrected chi connectivity index (χ3v) is 4.13. The van der Waals surface area contributed by atoms with Crippen LogP contribution in [0.1, 0.15) is 64.7 Å². The van der Waals surface area contributed by atoms with Crippen LogP contribution in [0.15, 0.2) is 24.3 Å². The molecule has 1 amide bonds. The molecule has 1 heterocycles. The quantitative estimate of drug-likeness (QED) is 0.896. The molecule has 1 fully saturated rings. The van der Waals surface area contributed by atoms with Crippen molar-refractivity contribution < 1.29 is 14.8 Å². The topological polar surface area (TPSA) is 54.9 Å². The lowest BCUT2D eigenvalue weighted by Gasteiger charge is -2.43. The highest BCUT2D eigenvalue weighted by molar-refractivity contribution is 5.94. The molecule has 0 bridgehead atoms. The van der Waals surface area contributed by atoms with Crippen molar-refractivity contribution in [2.24, 2.45) is 0 Å². The zero-order chi connectivity index (χ0) is 17.3. The molecule has 1 saturated heterocycles. The fourth-order valence-corrected chi connectivity index (χ4v) is 3.87. The van der Waals surface area contributed by atoms with Crippen LogP contribution in [-0.2, 0) is 0 Å². The van der Waals surface area contributed by atoms with Crippen molar-refractivity contribution in [3.05, 3.63) is 29.8 Å². The van der Waals surface area contributed by atoms with Crippen molar-refractivity contribution in [3.63, 3.8) is 0 Å². The highest BCUT2D eigenvalue weighted by atomic mass is 16.5. The minimum atomic E-state index is -0.0160. The van der Waals surface area contributed by atoms with Crippen LogP contribution >= 0.6 is 0 Å². The van der Waals surface area contributed by atoms with Crippen LogP contribution in [0.25, 0.3) is 0 Å². The number of hydrogen-bond donors (Lipinski definition) is 2. The molecule has 2 rings (SSSR count). The van der Waals surface area contributed by atoms with Crippen LogP contribution in [0.4, 0.5) is 0 Å². The van der Waals surface area contributed by atoms with Crippen LogP contribution in [0.5, 0.6) is 5.75 Å². The molecule has 4 heteroatoms. The van der Waals surface area contributed by atoms with Gasteiger partial charge in [-0.25, -0.2) is 0 Å². The molecule has 0 aliphatic carbocycles. The Bertz CT molecular complexity index is 548. The number of benzene rings is 1. The van der Waals surface area contributed by atoms with Crippen LogP contribution in [0.3, 0.4) is 0 Å². The Kier molecular flexibility index (Phi) is 5.04. The second-order valence-electron chi connectivity index (χ2n) is 8.39. The molecule has 4 nitrogen and oxygen atoms in total. The van der Waals surface area contributed by atoms with Gasteiger partial charge in [-0.05, 0) is 59.7 Å². The van der Waals surface area contributed by atoms with E-state index in [1.807, 2.05) is 38.1 Å². The van der Waals surface area contributed by atoms with Gasteiger partial charge < -0.3 is 15.4 Å². The minimum absolute atomic E-state index is 0.0160. The zero-order valence-corrected chi connectivity index (χ0v) is 15.3. The molecule has 0 unspecified atom stereocenters. The highest BCUT2D eigenvalue weighted by Crippen LogP contribution is 2.22. The number of ether oxygens (including phenoxy) is 1. The summed E-state index contributed by atoms with van der Waals surface area (Å²) < 4.78 is 5.68. The zero-order valence-electron chi connectivity index (χ0n) is 15.3. The SMILES string of the molecule is CC(C)Oc1cccc(C(=O)NC2CC(C)(C)[NH2+]C(C)(C)C2)c1. The predicted octanol–water partition coefficient (Wildman–Crippen LogP) is 2.49. The van der Waals surface area contributed by atoms with Gasteiger partial charge in [0.05, 0.1) is 17.2 Å². The number of nitrogens with one attached hydrogen (secondary N) is 1. The monoisotopic (exact) mass is 319 g/mol. The third kappa shape index (κ3) is 5.24. The van der Waals surface area contributed by atoms with E-state index in [0.29, 0.717) is 5.56 Å². The number of carbonyl (C=O) groups is 1. The molecule has 1 aromatic carbocycles. The standard InChI is InChI=1S/C19H30N2O2/c1-13(2)23-16-9-7-8-14(10-16)17(22)20-15-11-18(3,4)21-19(5,6)12-15/h7-10,13,15,21H,11-12H2,1-6H3,(H,20,22)/p+1. The van der Waals surface area contributed by atoms with E-state index >= 15 is 0 Å². The summed E-state index contributed by atoms with van der Waals surface area (Å²) in [6, 6.07) is 7.62. The van der Waals surface area contributed by atoms with Gasteiger partial charge in [0.2, 0.25) is 0 Å². The lowest BCUT2D eigenvalue weighted by Crippen LogP contribution is -3.06. The first-order valence-corrected chi connectivity index (χ1v) is 8.51. The number of hydrogen-bond acceptors (Lipinski definition) is 2. The maximum atomic E-state index is 12.6. The third-order valence-electron chi connectivity index (χ3n) is 4.13. The van der Waals surface area contributed by atoms with E-state index in [-0.39, 0.29) is 29.1 Å². The van der Waals surface area contributed by atoms with Crippen LogP contribution in [0.2, 0.25) is 0 Å². The Balaban J connectivity index is 2.07. The van der Waals surface area contributed by atoms with Crippen molar-refractivity contribution in [2.75, 3.05) is 0 Å². The van der Waals surface area contributed by atoms with Crippen molar-refractivity contribution >= 4 is 5.91 Å². The first-order valence-electron chi connectivity index (χ1n) is 8.51. The summed E-state index contributed by atoms with van der Waals surface area (Å²) in [6.07, 6.45) is 2.05. The molecule has 3 N–H and O–H groups in total. The van der Waals surface area contributed by atoms with Gasteiger partial charge in [0.1, 0.15) is 5.75 Å². The smallest absolute Gasteiger partial charge is 0.251 e. The van der Waals surface area contributed by atoms with E-state index in [9.17, 15) is 4.79 Å². The number of carbonyl (C=O) groups excluding carboxylic acids is 1. The van der Waals surface area contributed by atoms with Gasteiger partial charge >= 0.3 is 0 Å². The normalized spacial score (nSPS) is 20.3. The summed E-state index contributed by atoms with van der Waals surface area (Å²) in [5.41, 5.74) is 0.943. The van der Waals surface area contributed by atoms with Crippen molar-refractivity contribution in [2.45, 2.75) is 77.6 Å². The first-order chi connectivity index (χ1) is 10.6. The van der Waals surface area contributed by atoms with Crippen LogP contribution in [0, 0.1) is 0 Å². The lowest BCUT2D eigenvalue weighted by molar-refractivity contribution is -0.787. The van der Waals surface area contributed by atoms with E-state index < -0.39 is 0 Å². The highest BCUT2D eigenvalue weighted by Gasteiger charge is 2.42. The van der Waals surface area contributed by atoms with Gasteiger partial charge in [-0.1, -0.05) is 6.07 Å². The average molecular weight is 319 g/mol. The molecule has 0 aromatic heterocycles. The summed E-state index contributed by atoms with van der Waals surface area (Å²) in [4.78, 5) is 12.6. The molecule has 0 radical (unpaired) electrons. The Morgan fingerprint density at radius 2 is 1.83 bits per heavy atom. The van der Waals surface area contributed by atoms with Gasteiger partial charge in [-0.2, -0.15) is 0 Å². The number of piperidine rings is 1. The molecular weight excluding hydrogens is 288 g/mol. The van der Waals surface area contributed by atoms with Gasteiger partial charge in [0.25, 0.3) is 5.91 Å². The van der Waals surface area contributed by atoms with E-state index in [1.165, 1.54) is 0 Å². The summed E-state index contributed by atoms with van der Waals surface area (Å²) >= 11 is 0. The summed E-state index contributed by atoms with van der Waals surface area (Å²) in [6.45, 7) is 12.9. The Morgan fingerprint density at radius 1 is 1.22 bits per heavy atom. The second-order valence-corrected chi connectivity index (χ2v) is 8.39. The van der Waals surface area contributed by atoms with Crippen molar-refractivity contribution in [3.8, 4) is 5.75 Å². The number of rotatable bonds is 4. The molecule has 1 aliphatic rings. The minimum Gasteiger partial charge on any atom is -0.491 e. The predicted molar refractivity (Wildman–Crippen MR) is 92.8 cm³/mol. The Labute approximate surface area is 140 Å². The van der Waals surface area contributed by atoms with E-state index in [1.54, 1.807) is 0 Å². The van der Waals surface area contributed by atoms with Crippen LogP contribution in [-0.4, -0.2) is 29.1 Å². The number of quaternary nitrogens is 1. The average Bonchev–Trinajstić information content (AvgIpc) is 2.34. The fourth-order valence-electron chi connectivity index (χ4n) is 3.87. The van der Waals surface area contributed by atoms with E-state index in [2.05, 4.69) is 38.3 Å². The summed E-state index contributed by atoms with van der Waals surface area (Å²) in [5, 5.41) is 5.63. The number of nitrogens with two attached hydrogens (primary N) is 1. The molecule has 0 atom stereocenters. The number of amides is 1.